The number of piperidine rings is 2. The zero-order chi connectivity index (χ0) is 20.7. The number of fused-ring (bicyclic) bond motifs is 2. The summed E-state index contributed by atoms with van der Waals surface area (Å²) in [6.45, 7) is 4.12. The molecule has 3 aromatic rings. The fraction of sp³-hybridized carbons (Fsp3) is 0.364. The molecule has 8 heteroatoms. The Bertz CT molecular complexity index is 1050. The Kier molecular flexibility index (Phi) is 4.78. The lowest BCUT2D eigenvalue weighted by atomic mass is 9.75. The van der Waals surface area contributed by atoms with E-state index in [2.05, 4.69) is 32.1 Å². The summed E-state index contributed by atoms with van der Waals surface area (Å²) in [4.78, 5) is 8.37. The van der Waals surface area contributed by atoms with E-state index >= 15 is 0 Å². The van der Waals surface area contributed by atoms with Gasteiger partial charge in [-0.1, -0.05) is 13.0 Å². The van der Waals surface area contributed by atoms with Crippen molar-refractivity contribution >= 4 is 5.57 Å². The number of aromatic nitrogens is 5. The molecule has 1 aromatic carbocycles. The number of halogens is 1. The van der Waals surface area contributed by atoms with Crippen molar-refractivity contribution in [3.63, 3.8) is 0 Å². The van der Waals surface area contributed by atoms with Crippen molar-refractivity contribution in [1.82, 2.24) is 30.0 Å². The van der Waals surface area contributed by atoms with Crippen LogP contribution in [0.15, 0.2) is 49.7 Å². The van der Waals surface area contributed by atoms with Gasteiger partial charge in [-0.05, 0) is 37.0 Å². The summed E-state index contributed by atoms with van der Waals surface area (Å²) in [5.74, 6) is 0.0798. The molecule has 4 heterocycles. The van der Waals surface area contributed by atoms with E-state index in [1.54, 1.807) is 41.6 Å². The van der Waals surface area contributed by atoms with Crippen LogP contribution in [0.4, 0.5) is 4.39 Å². The molecule has 4 atom stereocenters. The highest BCUT2D eigenvalue weighted by Crippen LogP contribution is 2.38. The van der Waals surface area contributed by atoms with E-state index in [1.165, 1.54) is 0 Å². The van der Waals surface area contributed by atoms with Crippen LogP contribution in [-0.4, -0.2) is 48.1 Å². The van der Waals surface area contributed by atoms with Crippen molar-refractivity contribution in [3.8, 4) is 22.8 Å². The Labute approximate surface area is 173 Å². The molecule has 2 N–H and O–H groups in total. The molecule has 154 valence electrons. The Morgan fingerprint density at radius 1 is 1.27 bits per heavy atom. The number of rotatable bonds is 4. The molecule has 2 aliphatic rings. The van der Waals surface area contributed by atoms with Crippen molar-refractivity contribution in [2.24, 2.45) is 5.92 Å². The Hall–Kier alpha value is -3.13. The third-order valence-electron chi connectivity index (χ3n) is 6.19. The fourth-order valence-corrected chi connectivity index (χ4v) is 4.56. The Morgan fingerprint density at radius 3 is 2.90 bits per heavy atom. The topological polar surface area (TPSA) is 88.8 Å². The predicted octanol–water partition coefficient (Wildman–Crippen LogP) is 3.31. The highest BCUT2D eigenvalue weighted by atomic mass is 19.1. The number of phenolic OH excluding ortho intramolecular Hbond substituents is 1. The zero-order valence-electron chi connectivity index (χ0n) is 16.4. The van der Waals surface area contributed by atoms with Gasteiger partial charge in [0, 0.05) is 36.5 Å². The quantitative estimate of drug-likeness (QED) is 0.691. The number of phenols is 1. The van der Waals surface area contributed by atoms with Gasteiger partial charge < -0.3 is 15.0 Å². The maximum atomic E-state index is 15.0. The fourth-order valence-electron chi connectivity index (χ4n) is 4.56. The summed E-state index contributed by atoms with van der Waals surface area (Å²) in [7, 11) is 0. The number of allylic oxidation sites excluding steroid dienone is 1. The van der Waals surface area contributed by atoms with Gasteiger partial charge in [0.15, 0.2) is 5.82 Å². The highest BCUT2D eigenvalue weighted by Gasteiger charge is 2.41. The van der Waals surface area contributed by atoms with Gasteiger partial charge in [0.1, 0.15) is 17.6 Å². The van der Waals surface area contributed by atoms with E-state index < -0.39 is 6.17 Å². The van der Waals surface area contributed by atoms with Gasteiger partial charge in [0.25, 0.3) is 0 Å². The van der Waals surface area contributed by atoms with E-state index in [-0.39, 0.29) is 17.7 Å². The molecule has 5 rings (SSSR count). The number of benzene rings is 1. The zero-order valence-corrected chi connectivity index (χ0v) is 16.4. The third kappa shape index (κ3) is 3.37. The molecule has 0 spiro atoms. The average Bonchev–Trinajstić information content (AvgIpc) is 3.31. The average molecular weight is 406 g/mol. The second-order valence-corrected chi connectivity index (χ2v) is 8.05. The molecular formula is C22H23FN6O. The molecule has 2 aromatic heterocycles. The number of imidazole rings is 1. The number of hydrogen-bond acceptors (Lipinski definition) is 6. The monoisotopic (exact) mass is 406 g/mol. The normalized spacial score (nSPS) is 25.8. The minimum atomic E-state index is -0.977. The molecule has 7 nitrogen and oxygen atoms in total. The molecule has 2 saturated heterocycles. The first-order valence-corrected chi connectivity index (χ1v) is 10.2. The lowest BCUT2D eigenvalue weighted by Gasteiger charge is -2.43. The van der Waals surface area contributed by atoms with E-state index in [1.807, 2.05) is 6.07 Å². The van der Waals surface area contributed by atoms with Gasteiger partial charge in [-0.15, -0.1) is 10.2 Å². The van der Waals surface area contributed by atoms with Gasteiger partial charge >= 0.3 is 0 Å². The lowest BCUT2D eigenvalue weighted by molar-refractivity contribution is 0.0982. The van der Waals surface area contributed by atoms with Gasteiger partial charge in [0.2, 0.25) is 0 Å². The number of nitrogens with zero attached hydrogens (tertiary/aromatic N) is 5. The van der Waals surface area contributed by atoms with Crippen LogP contribution in [0.1, 0.15) is 31.4 Å². The van der Waals surface area contributed by atoms with Crippen LogP contribution in [0.2, 0.25) is 0 Å². The Balaban J connectivity index is 1.36. The molecule has 2 bridgehead atoms. The summed E-state index contributed by atoms with van der Waals surface area (Å²) in [5, 5.41) is 22.2. The van der Waals surface area contributed by atoms with E-state index in [0.717, 1.165) is 31.4 Å². The summed E-state index contributed by atoms with van der Waals surface area (Å²) in [6, 6.07) is 5.43. The van der Waals surface area contributed by atoms with E-state index in [4.69, 9.17) is 0 Å². The predicted molar refractivity (Wildman–Crippen MR) is 111 cm³/mol. The van der Waals surface area contributed by atoms with Gasteiger partial charge in [-0.2, -0.15) is 0 Å². The van der Waals surface area contributed by atoms with Gasteiger partial charge in [-0.3, -0.25) is 0 Å². The molecule has 0 saturated carbocycles. The first-order chi connectivity index (χ1) is 14.6. The Morgan fingerprint density at radius 2 is 2.17 bits per heavy atom. The molecule has 30 heavy (non-hydrogen) atoms. The summed E-state index contributed by atoms with van der Waals surface area (Å²) < 4.78 is 16.8. The van der Waals surface area contributed by atoms with Crippen LogP contribution in [0.5, 0.6) is 5.75 Å². The molecular weight excluding hydrogens is 383 g/mol. The summed E-state index contributed by atoms with van der Waals surface area (Å²) in [6.07, 6.45) is 9.43. The van der Waals surface area contributed by atoms with Crippen LogP contribution in [0, 0.1) is 5.92 Å². The minimum absolute atomic E-state index is 0.0459. The van der Waals surface area contributed by atoms with Crippen molar-refractivity contribution in [3.05, 3.63) is 55.4 Å². The molecule has 0 unspecified atom stereocenters. The van der Waals surface area contributed by atoms with Crippen molar-refractivity contribution in [2.45, 2.75) is 43.9 Å². The van der Waals surface area contributed by atoms with E-state index in [9.17, 15) is 9.50 Å². The molecule has 2 fully saturated rings. The second kappa shape index (κ2) is 7.60. The number of alkyl halides is 1. The van der Waals surface area contributed by atoms with Crippen LogP contribution in [0.3, 0.4) is 0 Å². The summed E-state index contributed by atoms with van der Waals surface area (Å²) in [5.41, 5.74) is 2.40. The number of aromatic hydroxyl groups is 1. The largest absolute Gasteiger partial charge is 0.507 e. The first-order valence-electron chi connectivity index (χ1n) is 10.2. The van der Waals surface area contributed by atoms with Crippen LogP contribution >= 0.6 is 0 Å². The maximum absolute atomic E-state index is 15.0. The number of nitrogens with one attached hydrogen (secondary N) is 1. The second-order valence-electron chi connectivity index (χ2n) is 8.05. The molecule has 0 aliphatic carbocycles. The maximum Gasteiger partial charge on any atom is 0.185 e. The standard InChI is InChI=1S/C22H23FN6O/c1-13(17-9-14-3-2-4-18(26-14)21(17)23)19-11-25-22(28-27-19)16-6-5-15(10-20(16)30)29-8-7-24-12-29/h5-8,10-12,14,17-18,21,26,30H,1-4,9H2/t14-,17+,18+,21-/m1/s1. The molecule has 2 aliphatic heterocycles. The highest BCUT2D eigenvalue weighted by molar-refractivity contribution is 5.67. The van der Waals surface area contributed by atoms with Crippen LogP contribution < -0.4 is 5.32 Å². The van der Waals surface area contributed by atoms with Crippen molar-refractivity contribution in [1.29, 1.82) is 0 Å². The van der Waals surface area contributed by atoms with E-state index in [0.29, 0.717) is 28.7 Å². The molecule has 0 radical (unpaired) electrons. The first kappa shape index (κ1) is 18.9. The number of hydrogen-bond donors (Lipinski definition) is 2. The SMILES string of the molecule is C=C(c1cnc(-c2ccc(-n3ccnc3)cc2O)nn1)[C@@H]1C[C@H]2CCC[C@H](N2)[C@@H]1F. The van der Waals surface area contributed by atoms with Crippen molar-refractivity contribution in [2.75, 3.05) is 0 Å². The van der Waals surface area contributed by atoms with Crippen LogP contribution in [0.25, 0.3) is 22.6 Å². The van der Waals surface area contributed by atoms with Gasteiger partial charge in [-0.25, -0.2) is 14.4 Å². The smallest absolute Gasteiger partial charge is 0.185 e. The van der Waals surface area contributed by atoms with Crippen LogP contribution in [-0.2, 0) is 0 Å². The minimum Gasteiger partial charge on any atom is -0.507 e. The third-order valence-corrected chi connectivity index (χ3v) is 6.19. The van der Waals surface area contributed by atoms with Gasteiger partial charge in [0.05, 0.1) is 23.8 Å². The lowest BCUT2D eigenvalue weighted by Crippen LogP contribution is -2.55. The molecule has 0 amide bonds. The summed E-state index contributed by atoms with van der Waals surface area (Å²) >= 11 is 0. The van der Waals surface area contributed by atoms with Crippen molar-refractivity contribution < 1.29 is 9.50 Å².